The van der Waals surface area contributed by atoms with Crippen LogP contribution in [0.15, 0.2) is 30.3 Å². The van der Waals surface area contributed by atoms with E-state index >= 15 is 0 Å². The molecule has 1 saturated carbocycles. The highest BCUT2D eigenvalue weighted by molar-refractivity contribution is 6.28. The van der Waals surface area contributed by atoms with Crippen molar-refractivity contribution < 1.29 is 0 Å². The SMILES string of the molecule is CC1CCCC1n1c(Cl)nnc1-c1ccccc1. The van der Waals surface area contributed by atoms with Crippen LogP contribution in [-0.4, -0.2) is 14.8 Å². The van der Waals surface area contributed by atoms with Crippen LogP contribution in [0, 0.1) is 5.92 Å². The Labute approximate surface area is 112 Å². The van der Waals surface area contributed by atoms with Gasteiger partial charge in [0.2, 0.25) is 5.28 Å². The molecule has 0 N–H and O–H groups in total. The summed E-state index contributed by atoms with van der Waals surface area (Å²) in [5, 5.41) is 8.80. The summed E-state index contributed by atoms with van der Waals surface area (Å²) in [6.45, 7) is 2.28. The Kier molecular flexibility index (Phi) is 3.08. The average Bonchev–Trinajstić information content (AvgIpc) is 2.96. The molecule has 0 amide bonds. The van der Waals surface area contributed by atoms with Crippen molar-refractivity contribution in [3.05, 3.63) is 35.6 Å². The lowest BCUT2D eigenvalue weighted by molar-refractivity contribution is 0.410. The van der Waals surface area contributed by atoms with Gasteiger partial charge in [0.05, 0.1) is 0 Å². The maximum absolute atomic E-state index is 6.23. The summed E-state index contributed by atoms with van der Waals surface area (Å²) in [6.07, 6.45) is 3.68. The molecule has 2 unspecified atom stereocenters. The molecule has 1 fully saturated rings. The minimum atomic E-state index is 0.433. The van der Waals surface area contributed by atoms with Crippen molar-refractivity contribution in [2.75, 3.05) is 0 Å². The van der Waals surface area contributed by atoms with Gasteiger partial charge in [0.1, 0.15) is 0 Å². The van der Waals surface area contributed by atoms with E-state index in [2.05, 4.69) is 33.8 Å². The summed E-state index contributed by atoms with van der Waals surface area (Å²) < 4.78 is 2.11. The Morgan fingerprint density at radius 1 is 1.17 bits per heavy atom. The second-order valence-electron chi connectivity index (χ2n) is 5.00. The van der Waals surface area contributed by atoms with Gasteiger partial charge in [0.25, 0.3) is 0 Å². The fraction of sp³-hybridized carbons (Fsp3) is 0.429. The summed E-state index contributed by atoms with van der Waals surface area (Å²) in [6, 6.07) is 10.6. The normalized spacial score (nSPS) is 23.4. The fourth-order valence-electron chi connectivity index (χ4n) is 2.86. The molecule has 2 aromatic rings. The molecule has 3 nitrogen and oxygen atoms in total. The summed E-state index contributed by atoms with van der Waals surface area (Å²) in [5.41, 5.74) is 1.08. The molecule has 0 saturated heterocycles. The third kappa shape index (κ3) is 1.93. The molecule has 1 heterocycles. The van der Waals surface area contributed by atoms with Gasteiger partial charge in [0, 0.05) is 11.6 Å². The van der Waals surface area contributed by atoms with Crippen molar-refractivity contribution in [3.63, 3.8) is 0 Å². The zero-order valence-electron chi connectivity index (χ0n) is 10.4. The zero-order valence-corrected chi connectivity index (χ0v) is 11.1. The molecule has 0 bridgehead atoms. The van der Waals surface area contributed by atoms with E-state index in [0.717, 1.165) is 11.4 Å². The smallest absolute Gasteiger partial charge is 0.225 e. The van der Waals surface area contributed by atoms with Crippen LogP contribution in [0.2, 0.25) is 5.28 Å². The third-order valence-electron chi connectivity index (χ3n) is 3.83. The van der Waals surface area contributed by atoms with Gasteiger partial charge in [-0.3, -0.25) is 4.57 Å². The van der Waals surface area contributed by atoms with E-state index in [1.807, 2.05) is 18.2 Å². The predicted octanol–water partition coefficient (Wildman–Crippen LogP) is 3.96. The first kappa shape index (κ1) is 11.7. The summed E-state index contributed by atoms with van der Waals surface area (Å²) in [4.78, 5) is 0. The van der Waals surface area contributed by atoms with Gasteiger partial charge in [-0.2, -0.15) is 0 Å². The minimum Gasteiger partial charge on any atom is -0.294 e. The van der Waals surface area contributed by atoms with Crippen molar-refractivity contribution in [1.29, 1.82) is 0 Å². The molecule has 0 aliphatic heterocycles. The lowest BCUT2D eigenvalue weighted by Crippen LogP contribution is -2.13. The van der Waals surface area contributed by atoms with Crippen LogP contribution in [0.5, 0.6) is 0 Å². The second-order valence-corrected chi connectivity index (χ2v) is 5.34. The lowest BCUT2D eigenvalue weighted by Gasteiger charge is -2.19. The Hall–Kier alpha value is -1.35. The maximum atomic E-state index is 6.23. The van der Waals surface area contributed by atoms with Crippen LogP contribution < -0.4 is 0 Å². The maximum Gasteiger partial charge on any atom is 0.225 e. The van der Waals surface area contributed by atoms with Gasteiger partial charge < -0.3 is 0 Å². The van der Waals surface area contributed by atoms with Crippen molar-refractivity contribution in [2.24, 2.45) is 5.92 Å². The summed E-state index contributed by atoms with van der Waals surface area (Å²) in [5.74, 6) is 1.53. The van der Waals surface area contributed by atoms with Crippen molar-refractivity contribution in [1.82, 2.24) is 14.8 Å². The molecule has 1 aliphatic carbocycles. The topological polar surface area (TPSA) is 30.7 Å². The molecule has 3 rings (SSSR count). The first-order chi connectivity index (χ1) is 8.77. The molecule has 1 aromatic heterocycles. The molecule has 94 valence electrons. The fourth-order valence-corrected chi connectivity index (χ4v) is 3.10. The van der Waals surface area contributed by atoms with Gasteiger partial charge in [-0.1, -0.05) is 43.7 Å². The molecule has 0 spiro atoms. The predicted molar refractivity (Wildman–Crippen MR) is 72.5 cm³/mol. The lowest BCUT2D eigenvalue weighted by atomic mass is 10.1. The van der Waals surface area contributed by atoms with E-state index < -0.39 is 0 Å². The number of halogens is 1. The Morgan fingerprint density at radius 3 is 2.61 bits per heavy atom. The number of nitrogens with zero attached hydrogens (tertiary/aromatic N) is 3. The minimum absolute atomic E-state index is 0.433. The second kappa shape index (κ2) is 4.73. The van der Waals surface area contributed by atoms with Crippen LogP contribution in [0.4, 0.5) is 0 Å². The number of hydrogen-bond donors (Lipinski definition) is 0. The van der Waals surface area contributed by atoms with Gasteiger partial charge in [-0.25, -0.2) is 0 Å². The molecule has 0 radical (unpaired) electrons. The molecule has 18 heavy (non-hydrogen) atoms. The van der Waals surface area contributed by atoms with Gasteiger partial charge in [0.15, 0.2) is 5.82 Å². The summed E-state index contributed by atoms with van der Waals surface area (Å²) >= 11 is 6.23. The quantitative estimate of drug-likeness (QED) is 0.819. The van der Waals surface area contributed by atoms with Crippen LogP contribution in [-0.2, 0) is 0 Å². The van der Waals surface area contributed by atoms with Crippen LogP contribution in [0.25, 0.3) is 11.4 Å². The van der Waals surface area contributed by atoms with E-state index in [1.165, 1.54) is 19.3 Å². The average molecular weight is 262 g/mol. The van der Waals surface area contributed by atoms with Gasteiger partial charge in [-0.15, -0.1) is 10.2 Å². The van der Waals surface area contributed by atoms with Crippen molar-refractivity contribution in [3.8, 4) is 11.4 Å². The zero-order chi connectivity index (χ0) is 12.5. The van der Waals surface area contributed by atoms with Gasteiger partial charge in [-0.05, 0) is 30.4 Å². The molecule has 2 atom stereocenters. The standard InChI is InChI=1S/C14H16ClN3/c1-10-6-5-9-12(10)18-13(16-17-14(18)15)11-7-3-2-4-8-11/h2-4,7-8,10,12H,5-6,9H2,1H3. The van der Waals surface area contributed by atoms with E-state index in [4.69, 9.17) is 11.6 Å². The highest BCUT2D eigenvalue weighted by Gasteiger charge is 2.29. The largest absolute Gasteiger partial charge is 0.294 e. The highest BCUT2D eigenvalue weighted by atomic mass is 35.5. The highest BCUT2D eigenvalue weighted by Crippen LogP contribution is 2.39. The van der Waals surface area contributed by atoms with Crippen molar-refractivity contribution in [2.45, 2.75) is 32.2 Å². The number of rotatable bonds is 2. The molecular weight excluding hydrogens is 246 g/mol. The first-order valence-corrected chi connectivity index (χ1v) is 6.81. The number of hydrogen-bond acceptors (Lipinski definition) is 2. The van der Waals surface area contributed by atoms with Crippen LogP contribution in [0.1, 0.15) is 32.2 Å². The van der Waals surface area contributed by atoms with E-state index in [-0.39, 0.29) is 0 Å². The molecule has 1 aromatic carbocycles. The monoisotopic (exact) mass is 261 g/mol. The van der Waals surface area contributed by atoms with E-state index in [1.54, 1.807) is 0 Å². The summed E-state index contributed by atoms with van der Waals surface area (Å²) in [7, 11) is 0. The van der Waals surface area contributed by atoms with E-state index in [9.17, 15) is 0 Å². The molecule has 1 aliphatic rings. The molecule has 4 heteroatoms. The van der Waals surface area contributed by atoms with Gasteiger partial charge >= 0.3 is 0 Å². The van der Waals surface area contributed by atoms with Crippen LogP contribution in [0.3, 0.4) is 0 Å². The van der Waals surface area contributed by atoms with Crippen LogP contribution >= 0.6 is 11.6 Å². The van der Waals surface area contributed by atoms with E-state index in [0.29, 0.717) is 17.2 Å². The number of aromatic nitrogens is 3. The third-order valence-corrected chi connectivity index (χ3v) is 4.09. The van der Waals surface area contributed by atoms with Crippen molar-refractivity contribution >= 4 is 11.6 Å². The Bertz CT molecular complexity index is 535. The Morgan fingerprint density at radius 2 is 1.94 bits per heavy atom. The Balaban J connectivity index is 2.07. The molecular formula is C14H16ClN3. The number of benzene rings is 1. The first-order valence-electron chi connectivity index (χ1n) is 6.43.